The Morgan fingerprint density at radius 2 is 1.94 bits per heavy atom. The highest BCUT2D eigenvalue weighted by atomic mass is 16.5. The molecule has 0 spiro atoms. The monoisotopic (exact) mass is 217 g/mol. The van der Waals surface area contributed by atoms with Crippen molar-refractivity contribution in [1.29, 1.82) is 5.26 Å². The van der Waals surface area contributed by atoms with E-state index in [0.29, 0.717) is 11.3 Å². The molecular weight excluding hydrogens is 206 g/mol. The van der Waals surface area contributed by atoms with E-state index in [9.17, 15) is 5.11 Å². The van der Waals surface area contributed by atoms with E-state index in [4.69, 9.17) is 21.5 Å². The van der Waals surface area contributed by atoms with Crippen molar-refractivity contribution in [2.24, 2.45) is 0 Å². The molecule has 4 nitrogen and oxygen atoms in total. The number of nitrogens with zero attached hydrogens (tertiary/aromatic N) is 1. The lowest BCUT2D eigenvalue weighted by Gasteiger charge is -2.12. The lowest BCUT2D eigenvalue weighted by Crippen LogP contribution is -2.15. The molecule has 16 heavy (non-hydrogen) atoms. The first-order valence-corrected chi connectivity index (χ1v) is 4.61. The summed E-state index contributed by atoms with van der Waals surface area (Å²) in [5.74, 6) is 2.90. The maximum Gasteiger partial charge on any atom is 0.170 e. The summed E-state index contributed by atoms with van der Waals surface area (Å²) in [6.07, 6.45) is 2.38. The number of benzene rings is 1. The molecule has 0 aliphatic carbocycles. The summed E-state index contributed by atoms with van der Waals surface area (Å²) in [6, 6.07) is 7.92. The molecule has 4 heteroatoms. The maximum absolute atomic E-state index is 9.51. The highest BCUT2D eigenvalue weighted by Crippen LogP contribution is 2.20. The fraction of sp³-hybridized carbons (Fsp3) is 0.250. The third-order valence-corrected chi connectivity index (χ3v) is 1.98. The summed E-state index contributed by atoms with van der Waals surface area (Å²) in [6.45, 7) is 0.169. The Morgan fingerprint density at radius 1 is 1.31 bits per heavy atom. The van der Waals surface area contributed by atoms with E-state index in [-0.39, 0.29) is 6.61 Å². The van der Waals surface area contributed by atoms with Crippen molar-refractivity contribution >= 4 is 0 Å². The molecule has 0 bridgehead atoms. The second-order valence-corrected chi connectivity index (χ2v) is 3.08. The number of hydrogen-bond donors (Lipinski definition) is 2. The topological polar surface area (TPSA) is 73.5 Å². The van der Waals surface area contributed by atoms with Crippen molar-refractivity contribution in [2.45, 2.75) is 12.2 Å². The van der Waals surface area contributed by atoms with Crippen LogP contribution in [0.5, 0.6) is 5.75 Å². The standard InChI is InChI=1S/C12H11NO3/c1-2-7-16-10-5-3-9(4-6-10)12(15)11(14)8-13/h1,3-6,11-12,14-15H,7H2. The Bertz CT molecular complexity index is 413. The summed E-state index contributed by atoms with van der Waals surface area (Å²) < 4.78 is 5.13. The van der Waals surface area contributed by atoms with Gasteiger partial charge in [-0.2, -0.15) is 5.26 Å². The van der Waals surface area contributed by atoms with Gasteiger partial charge in [0.1, 0.15) is 18.5 Å². The first-order chi connectivity index (χ1) is 7.69. The van der Waals surface area contributed by atoms with Gasteiger partial charge in [-0.1, -0.05) is 18.1 Å². The van der Waals surface area contributed by atoms with E-state index in [1.54, 1.807) is 30.3 Å². The number of aliphatic hydroxyl groups is 2. The van der Waals surface area contributed by atoms with Crippen LogP contribution in [0.15, 0.2) is 24.3 Å². The number of terminal acetylenes is 1. The molecule has 0 fully saturated rings. The molecule has 2 atom stereocenters. The molecule has 1 rings (SSSR count). The summed E-state index contributed by atoms with van der Waals surface area (Å²) in [5, 5.41) is 27.1. The molecule has 0 radical (unpaired) electrons. The molecule has 0 heterocycles. The van der Waals surface area contributed by atoms with Crippen LogP contribution in [0.2, 0.25) is 0 Å². The molecule has 1 aromatic rings. The molecule has 2 unspecified atom stereocenters. The number of hydrogen-bond acceptors (Lipinski definition) is 4. The minimum absolute atomic E-state index is 0.169. The first-order valence-electron chi connectivity index (χ1n) is 4.61. The molecule has 0 aliphatic heterocycles. The number of aliphatic hydroxyl groups excluding tert-OH is 2. The highest BCUT2D eigenvalue weighted by molar-refractivity contribution is 5.29. The van der Waals surface area contributed by atoms with Crippen molar-refractivity contribution in [1.82, 2.24) is 0 Å². The van der Waals surface area contributed by atoms with Crippen molar-refractivity contribution in [3.05, 3.63) is 29.8 Å². The van der Waals surface area contributed by atoms with Crippen LogP contribution in [-0.2, 0) is 0 Å². The fourth-order valence-corrected chi connectivity index (χ4v) is 1.14. The average Bonchev–Trinajstić information content (AvgIpc) is 2.35. The van der Waals surface area contributed by atoms with Gasteiger partial charge in [0.25, 0.3) is 0 Å². The van der Waals surface area contributed by atoms with Crippen molar-refractivity contribution in [3.8, 4) is 24.2 Å². The number of ether oxygens (including phenoxy) is 1. The van der Waals surface area contributed by atoms with E-state index in [1.807, 2.05) is 0 Å². The average molecular weight is 217 g/mol. The SMILES string of the molecule is C#CCOc1ccc(C(O)C(O)C#N)cc1. The Hall–Kier alpha value is -2.01. The molecule has 0 saturated carbocycles. The molecule has 2 N–H and O–H groups in total. The zero-order valence-electron chi connectivity index (χ0n) is 8.50. The van der Waals surface area contributed by atoms with Crippen molar-refractivity contribution in [2.75, 3.05) is 6.61 Å². The molecule has 82 valence electrons. The van der Waals surface area contributed by atoms with E-state index in [2.05, 4.69) is 5.92 Å². The van der Waals surface area contributed by atoms with Gasteiger partial charge in [0.15, 0.2) is 6.10 Å². The van der Waals surface area contributed by atoms with Crippen molar-refractivity contribution in [3.63, 3.8) is 0 Å². The summed E-state index contributed by atoms with van der Waals surface area (Å²) in [5.41, 5.74) is 0.446. The fourth-order valence-electron chi connectivity index (χ4n) is 1.14. The molecule has 0 amide bonds. The normalized spacial score (nSPS) is 13.2. The number of nitriles is 1. The van der Waals surface area contributed by atoms with Crippen LogP contribution in [-0.4, -0.2) is 22.9 Å². The second-order valence-electron chi connectivity index (χ2n) is 3.08. The van der Waals surface area contributed by atoms with Crippen LogP contribution in [0, 0.1) is 23.7 Å². The summed E-state index contributed by atoms with van der Waals surface area (Å²) in [7, 11) is 0. The Morgan fingerprint density at radius 3 is 2.44 bits per heavy atom. The quantitative estimate of drug-likeness (QED) is 0.572. The largest absolute Gasteiger partial charge is 0.481 e. The van der Waals surface area contributed by atoms with E-state index in [0.717, 1.165) is 0 Å². The zero-order valence-corrected chi connectivity index (χ0v) is 8.50. The van der Waals surface area contributed by atoms with E-state index in [1.165, 1.54) is 0 Å². The van der Waals surface area contributed by atoms with Gasteiger partial charge in [-0.3, -0.25) is 0 Å². The van der Waals surface area contributed by atoms with E-state index >= 15 is 0 Å². The molecule has 0 aromatic heterocycles. The van der Waals surface area contributed by atoms with Crippen molar-refractivity contribution < 1.29 is 14.9 Å². The Balaban J connectivity index is 2.72. The minimum Gasteiger partial charge on any atom is -0.481 e. The molecule has 0 saturated heterocycles. The van der Waals surface area contributed by atoms with Crippen LogP contribution in [0.3, 0.4) is 0 Å². The molecule has 0 aliphatic rings. The second kappa shape index (κ2) is 5.77. The highest BCUT2D eigenvalue weighted by Gasteiger charge is 2.17. The minimum atomic E-state index is -1.43. The van der Waals surface area contributed by atoms with Gasteiger partial charge < -0.3 is 14.9 Å². The van der Waals surface area contributed by atoms with Gasteiger partial charge in [0.2, 0.25) is 0 Å². The van der Waals surface area contributed by atoms with Gasteiger partial charge >= 0.3 is 0 Å². The van der Waals surface area contributed by atoms with Crippen LogP contribution in [0.25, 0.3) is 0 Å². The summed E-state index contributed by atoms with van der Waals surface area (Å²) in [4.78, 5) is 0. The third-order valence-electron chi connectivity index (χ3n) is 1.98. The zero-order chi connectivity index (χ0) is 12.0. The molecule has 1 aromatic carbocycles. The predicted molar refractivity (Wildman–Crippen MR) is 57.3 cm³/mol. The maximum atomic E-state index is 9.51. The van der Waals surface area contributed by atoms with Gasteiger partial charge in [-0.25, -0.2) is 0 Å². The predicted octanol–water partition coefficient (Wildman–Crippen LogP) is 0.616. The summed E-state index contributed by atoms with van der Waals surface area (Å²) >= 11 is 0. The van der Waals surface area contributed by atoms with Gasteiger partial charge in [0.05, 0.1) is 6.07 Å². The smallest absolute Gasteiger partial charge is 0.170 e. The lowest BCUT2D eigenvalue weighted by molar-refractivity contribution is 0.0527. The van der Waals surface area contributed by atoms with Gasteiger partial charge in [-0.05, 0) is 17.7 Å². The lowest BCUT2D eigenvalue weighted by atomic mass is 10.1. The van der Waals surface area contributed by atoms with Crippen LogP contribution >= 0.6 is 0 Å². The Kier molecular flexibility index (Phi) is 4.35. The van der Waals surface area contributed by atoms with Crippen LogP contribution in [0.1, 0.15) is 11.7 Å². The van der Waals surface area contributed by atoms with Crippen LogP contribution < -0.4 is 4.74 Å². The first kappa shape index (κ1) is 12.1. The third kappa shape index (κ3) is 2.99. The van der Waals surface area contributed by atoms with Crippen LogP contribution in [0.4, 0.5) is 0 Å². The van der Waals surface area contributed by atoms with Gasteiger partial charge in [0, 0.05) is 0 Å². The Labute approximate surface area is 93.7 Å². The molecular formula is C12H11NO3. The van der Waals surface area contributed by atoms with E-state index < -0.39 is 12.2 Å². The number of rotatable bonds is 4. The van der Waals surface area contributed by atoms with Gasteiger partial charge in [-0.15, -0.1) is 6.42 Å².